The fourth-order valence-electron chi connectivity index (χ4n) is 5.01. The molecular formula is C27H37N3O2. The minimum Gasteiger partial charge on any atom is -0.457 e. The van der Waals surface area contributed by atoms with Crippen LogP contribution in [0.1, 0.15) is 57.4 Å². The molecule has 1 N–H and O–H groups in total. The van der Waals surface area contributed by atoms with Crippen LogP contribution in [0.15, 0.2) is 54.6 Å². The molecule has 172 valence electrons. The Labute approximate surface area is 192 Å². The van der Waals surface area contributed by atoms with Crippen LogP contribution in [0.5, 0.6) is 11.5 Å². The van der Waals surface area contributed by atoms with E-state index in [1.807, 2.05) is 42.5 Å². The van der Waals surface area contributed by atoms with Gasteiger partial charge in [-0.25, -0.2) is 4.79 Å². The SMILES string of the molecule is CCN(C(=O)NC1CCCCC1)C1CCN(Cc2ccc(Oc3ccccc3)cc2)CC1. The average molecular weight is 436 g/mol. The Kier molecular flexibility index (Phi) is 8.05. The van der Waals surface area contributed by atoms with Gasteiger partial charge in [-0.3, -0.25) is 4.90 Å². The van der Waals surface area contributed by atoms with Crippen LogP contribution in [0, 0.1) is 0 Å². The summed E-state index contributed by atoms with van der Waals surface area (Å²) in [7, 11) is 0. The summed E-state index contributed by atoms with van der Waals surface area (Å²) in [6.07, 6.45) is 8.16. The van der Waals surface area contributed by atoms with Crippen LogP contribution < -0.4 is 10.1 Å². The van der Waals surface area contributed by atoms with Crippen LogP contribution in [-0.2, 0) is 6.54 Å². The molecule has 32 heavy (non-hydrogen) atoms. The molecule has 0 bridgehead atoms. The second kappa shape index (κ2) is 11.4. The molecule has 1 saturated carbocycles. The molecule has 5 nitrogen and oxygen atoms in total. The number of carbonyl (C=O) groups is 1. The summed E-state index contributed by atoms with van der Waals surface area (Å²) in [5, 5.41) is 3.30. The van der Waals surface area contributed by atoms with Gasteiger partial charge >= 0.3 is 6.03 Å². The van der Waals surface area contributed by atoms with Crippen LogP contribution in [-0.4, -0.2) is 47.5 Å². The van der Waals surface area contributed by atoms with Gasteiger partial charge in [0.05, 0.1) is 0 Å². The number of piperidine rings is 1. The number of ether oxygens (including phenoxy) is 1. The first-order chi connectivity index (χ1) is 15.7. The molecule has 1 saturated heterocycles. The van der Waals surface area contributed by atoms with Crippen molar-refractivity contribution in [3.05, 3.63) is 60.2 Å². The van der Waals surface area contributed by atoms with E-state index in [9.17, 15) is 4.79 Å². The summed E-state index contributed by atoms with van der Waals surface area (Å²) in [6, 6.07) is 19.1. The number of rotatable bonds is 7. The van der Waals surface area contributed by atoms with E-state index < -0.39 is 0 Å². The number of carbonyl (C=O) groups excluding carboxylic acids is 1. The van der Waals surface area contributed by atoms with E-state index in [2.05, 4.69) is 34.2 Å². The van der Waals surface area contributed by atoms with Crippen LogP contribution in [0.25, 0.3) is 0 Å². The molecule has 0 unspecified atom stereocenters. The number of amides is 2. The van der Waals surface area contributed by atoms with Gasteiger partial charge in [0.2, 0.25) is 0 Å². The molecule has 2 fully saturated rings. The smallest absolute Gasteiger partial charge is 0.317 e. The Balaban J connectivity index is 1.23. The highest BCUT2D eigenvalue weighted by Gasteiger charge is 2.28. The van der Waals surface area contributed by atoms with Crippen molar-refractivity contribution in [2.24, 2.45) is 0 Å². The van der Waals surface area contributed by atoms with Gasteiger partial charge in [-0.2, -0.15) is 0 Å². The minimum atomic E-state index is 0.145. The molecule has 2 amide bonds. The second-order valence-electron chi connectivity index (χ2n) is 9.14. The topological polar surface area (TPSA) is 44.8 Å². The lowest BCUT2D eigenvalue weighted by atomic mass is 9.95. The van der Waals surface area contributed by atoms with E-state index in [1.54, 1.807) is 0 Å². The first-order valence-corrected chi connectivity index (χ1v) is 12.3. The third-order valence-electron chi connectivity index (χ3n) is 6.84. The van der Waals surface area contributed by atoms with Crippen LogP contribution in [0.3, 0.4) is 0 Å². The lowest BCUT2D eigenvalue weighted by Gasteiger charge is -2.39. The summed E-state index contributed by atoms with van der Waals surface area (Å²) in [4.78, 5) is 17.4. The van der Waals surface area contributed by atoms with Gasteiger partial charge in [-0.1, -0.05) is 49.6 Å². The monoisotopic (exact) mass is 435 g/mol. The zero-order valence-electron chi connectivity index (χ0n) is 19.3. The Morgan fingerprint density at radius 1 is 0.938 bits per heavy atom. The van der Waals surface area contributed by atoms with Crippen molar-refractivity contribution in [1.29, 1.82) is 0 Å². The fourth-order valence-corrected chi connectivity index (χ4v) is 5.01. The van der Waals surface area contributed by atoms with Gasteiger partial charge in [0.25, 0.3) is 0 Å². The normalized spacial score (nSPS) is 18.3. The third kappa shape index (κ3) is 6.26. The minimum absolute atomic E-state index is 0.145. The molecule has 1 aliphatic carbocycles. The molecule has 1 aliphatic heterocycles. The van der Waals surface area contributed by atoms with E-state index in [-0.39, 0.29) is 6.03 Å². The van der Waals surface area contributed by atoms with Crippen molar-refractivity contribution in [2.75, 3.05) is 19.6 Å². The number of para-hydroxylation sites is 1. The molecule has 4 rings (SSSR count). The van der Waals surface area contributed by atoms with E-state index in [1.165, 1.54) is 24.8 Å². The second-order valence-corrected chi connectivity index (χ2v) is 9.14. The van der Waals surface area contributed by atoms with Crippen molar-refractivity contribution in [3.63, 3.8) is 0 Å². The molecule has 5 heteroatoms. The lowest BCUT2D eigenvalue weighted by Crippen LogP contribution is -2.52. The predicted octanol–water partition coefficient (Wildman–Crippen LogP) is 5.81. The highest BCUT2D eigenvalue weighted by atomic mass is 16.5. The number of hydrogen-bond donors (Lipinski definition) is 1. The number of likely N-dealkylation sites (tertiary alicyclic amines) is 1. The van der Waals surface area contributed by atoms with Gasteiger partial charge < -0.3 is 15.0 Å². The van der Waals surface area contributed by atoms with E-state index >= 15 is 0 Å². The van der Waals surface area contributed by atoms with Gasteiger partial charge in [0.1, 0.15) is 11.5 Å². The molecule has 0 radical (unpaired) electrons. The van der Waals surface area contributed by atoms with Crippen molar-refractivity contribution in [2.45, 2.75) is 70.5 Å². The molecule has 0 atom stereocenters. The maximum absolute atomic E-state index is 12.9. The third-order valence-corrected chi connectivity index (χ3v) is 6.84. The van der Waals surface area contributed by atoms with Crippen LogP contribution in [0.2, 0.25) is 0 Å². The number of benzene rings is 2. The van der Waals surface area contributed by atoms with Crippen molar-refractivity contribution in [1.82, 2.24) is 15.1 Å². The zero-order valence-corrected chi connectivity index (χ0v) is 19.3. The molecule has 2 aromatic rings. The van der Waals surface area contributed by atoms with Crippen molar-refractivity contribution >= 4 is 6.03 Å². The molecule has 0 aromatic heterocycles. The highest BCUT2D eigenvalue weighted by molar-refractivity contribution is 5.74. The van der Waals surface area contributed by atoms with E-state index in [4.69, 9.17) is 4.74 Å². The van der Waals surface area contributed by atoms with Crippen LogP contribution in [0.4, 0.5) is 4.79 Å². The summed E-state index contributed by atoms with van der Waals surface area (Å²) in [5.41, 5.74) is 1.30. The first kappa shape index (κ1) is 22.7. The van der Waals surface area contributed by atoms with Gasteiger partial charge in [0.15, 0.2) is 0 Å². The number of nitrogens with zero attached hydrogens (tertiary/aromatic N) is 2. The summed E-state index contributed by atoms with van der Waals surface area (Å²) in [6.45, 7) is 5.89. The number of nitrogens with one attached hydrogen (secondary N) is 1. The average Bonchev–Trinajstić information content (AvgIpc) is 2.83. The summed E-state index contributed by atoms with van der Waals surface area (Å²) < 4.78 is 5.90. The number of hydrogen-bond acceptors (Lipinski definition) is 3. The molecular weight excluding hydrogens is 398 g/mol. The zero-order chi connectivity index (χ0) is 22.2. The molecule has 2 aliphatic rings. The van der Waals surface area contributed by atoms with E-state index in [0.29, 0.717) is 12.1 Å². The maximum Gasteiger partial charge on any atom is 0.317 e. The first-order valence-electron chi connectivity index (χ1n) is 12.3. The largest absolute Gasteiger partial charge is 0.457 e. The molecule has 1 heterocycles. The van der Waals surface area contributed by atoms with Gasteiger partial charge in [-0.05, 0) is 62.4 Å². The Morgan fingerprint density at radius 2 is 1.59 bits per heavy atom. The Hall–Kier alpha value is -2.53. The highest BCUT2D eigenvalue weighted by Crippen LogP contribution is 2.24. The molecule has 2 aromatic carbocycles. The Bertz CT molecular complexity index is 826. The Morgan fingerprint density at radius 3 is 2.25 bits per heavy atom. The van der Waals surface area contributed by atoms with Crippen LogP contribution >= 0.6 is 0 Å². The van der Waals surface area contributed by atoms with Gasteiger partial charge in [-0.15, -0.1) is 0 Å². The summed E-state index contributed by atoms with van der Waals surface area (Å²) in [5.74, 6) is 1.72. The van der Waals surface area contributed by atoms with Crippen molar-refractivity contribution < 1.29 is 9.53 Å². The van der Waals surface area contributed by atoms with Crippen molar-refractivity contribution in [3.8, 4) is 11.5 Å². The lowest BCUT2D eigenvalue weighted by molar-refractivity contribution is 0.117. The fraction of sp³-hybridized carbons (Fsp3) is 0.519. The number of urea groups is 1. The predicted molar refractivity (Wildman–Crippen MR) is 129 cm³/mol. The standard InChI is InChI=1S/C27H37N3O2/c1-2-30(27(31)28-23-9-5-3-6-10-23)24-17-19-29(20-18-24)21-22-13-15-26(16-14-22)32-25-11-7-4-8-12-25/h4,7-8,11-16,23-24H,2-3,5-6,9-10,17-21H2,1H3,(H,28,31). The maximum atomic E-state index is 12.9. The molecule has 0 spiro atoms. The van der Waals surface area contributed by atoms with E-state index in [0.717, 1.165) is 63.4 Å². The summed E-state index contributed by atoms with van der Waals surface area (Å²) >= 11 is 0. The van der Waals surface area contributed by atoms with Gasteiger partial charge in [0, 0.05) is 38.3 Å². The quantitative estimate of drug-likeness (QED) is 0.597.